The van der Waals surface area contributed by atoms with Crippen LogP contribution in [0.15, 0.2) is 18.3 Å². The van der Waals surface area contributed by atoms with Gasteiger partial charge in [0.2, 0.25) is 0 Å². The minimum atomic E-state index is -2.44. The lowest BCUT2D eigenvalue weighted by Gasteiger charge is -2.18. The van der Waals surface area contributed by atoms with Crippen LogP contribution in [0.2, 0.25) is 0 Å². The lowest BCUT2D eigenvalue weighted by molar-refractivity contribution is 0.151. The van der Waals surface area contributed by atoms with E-state index in [0.717, 1.165) is 0 Å². The van der Waals surface area contributed by atoms with Crippen LogP contribution in [-0.4, -0.2) is 11.0 Å². The molecule has 1 atom stereocenters. The summed E-state index contributed by atoms with van der Waals surface area (Å²) in [5, 5.41) is 3.09. The third kappa shape index (κ3) is 3.46. The molecule has 4 heteroatoms. The van der Waals surface area contributed by atoms with Gasteiger partial charge in [-0.25, -0.2) is 13.8 Å². The molecule has 0 radical (unpaired) electrons. The highest BCUT2D eigenvalue weighted by molar-refractivity contribution is 5.38. The van der Waals surface area contributed by atoms with E-state index in [2.05, 4.69) is 24.1 Å². The van der Waals surface area contributed by atoms with E-state index in [9.17, 15) is 8.78 Å². The van der Waals surface area contributed by atoms with Gasteiger partial charge in [-0.2, -0.15) is 0 Å². The topological polar surface area (TPSA) is 24.9 Å². The predicted octanol–water partition coefficient (Wildman–Crippen LogP) is 3.48. The molecule has 1 rings (SSSR count). The molecule has 0 saturated carbocycles. The van der Waals surface area contributed by atoms with E-state index in [1.807, 2.05) is 6.92 Å². The molecule has 1 aromatic heterocycles. The van der Waals surface area contributed by atoms with Crippen LogP contribution < -0.4 is 5.32 Å². The Kier molecular flexibility index (Phi) is 4.00. The second kappa shape index (κ2) is 5.05. The van der Waals surface area contributed by atoms with Crippen molar-refractivity contribution >= 4 is 5.82 Å². The molecule has 2 nitrogen and oxygen atoms in total. The fraction of sp³-hybridized carbons (Fsp3) is 0.545. The Labute approximate surface area is 88.7 Å². The average molecular weight is 214 g/mol. The summed E-state index contributed by atoms with van der Waals surface area (Å²) in [7, 11) is 0. The fourth-order valence-electron chi connectivity index (χ4n) is 1.06. The number of halogens is 2. The molecular weight excluding hydrogens is 198 g/mol. The Bertz CT molecular complexity index is 313. The Morgan fingerprint density at radius 1 is 1.27 bits per heavy atom. The van der Waals surface area contributed by atoms with Crippen LogP contribution in [0.3, 0.4) is 0 Å². The average Bonchev–Trinajstić information content (AvgIpc) is 2.18. The van der Waals surface area contributed by atoms with E-state index in [1.165, 1.54) is 18.3 Å². The van der Waals surface area contributed by atoms with Crippen molar-refractivity contribution < 1.29 is 8.78 Å². The van der Waals surface area contributed by atoms with Crippen LogP contribution in [0.25, 0.3) is 0 Å². The summed E-state index contributed by atoms with van der Waals surface area (Å²) < 4.78 is 24.8. The van der Waals surface area contributed by atoms with Crippen LogP contribution in [0.5, 0.6) is 0 Å². The van der Waals surface area contributed by atoms with Gasteiger partial charge in [0.25, 0.3) is 6.43 Å². The van der Waals surface area contributed by atoms with Crippen LogP contribution in [-0.2, 0) is 0 Å². The maximum Gasteiger partial charge on any atom is 0.264 e. The van der Waals surface area contributed by atoms with Crippen LogP contribution in [0.4, 0.5) is 14.6 Å². The van der Waals surface area contributed by atoms with E-state index in [1.54, 1.807) is 0 Å². The Morgan fingerprint density at radius 2 is 1.93 bits per heavy atom. The SMILES string of the molecule is CC(C)C(C)Nc1cc(C(F)F)ccn1. The molecule has 0 fully saturated rings. The van der Waals surface area contributed by atoms with Gasteiger partial charge in [0.05, 0.1) is 0 Å². The lowest BCUT2D eigenvalue weighted by Crippen LogP contribution is -2.22. The van der Waals surface area contributed by atoms with Crippen molar-refractivity contribution in [1.82, 2.24) is 4.98 Å². The molecule has 0 aliphatic heterocycles. The number of hydrogen-bond donors (Lipinski definition) is 1. The van der Waals surface area contributed by atoms with E-state index in [0.29, 0.717) is 11.7 Å². The van der Waals surface area contributed by atoms with Crippen molar-refractivity contribution in [2.45, 2.75) is 33.2 Å². The Morgan fingerprint density at radius 3 is 2.47 bits per heavy atom. The van der Waals surface area contributed by atoms with E-state index in [-0.39, 0.29) is 11.6 Å². The van der Waals surface area contributed by atoms with E-state index >= 15 is 0 Å². The minimum absolute atomic E-state index is 0.00320. The van der Waals surface area contributed by atoms with Gasteiger partial charge < -0.3 is 5.32 Å². The standard InChI is InChI=1S/C11H16F2N2/c1-7(2)8(3)15-10-6-9(11(12)13)4-5-14-10/h4-8,11H,1-3H3,(H,14,15). The first-order valence-electron chi connectivity index (χ1n) is 5.01. The number of hydrogen-bond acceptors (Lipinski definition) is 2. The van der Waals surface area contributed by atoms with Crippen molar-refractivity contribution in [3.8, 4) is 0 Å². The van der Waals surface area contributed by atoms with Gasteiger partial charge in [0.15, 0.2) is 0 Å². The van der Waals surface area contributed by atoms with Crippen LogP contribution >= 0.6 is 0 Å². The first kappa shape index (κ1) is 11.9. The minimum Gasteiger partial charge on any atom is -0.367 e. The van der Waals surface area contributed by atoms with Gasteiger partial charge in [0.1, 0.15) is 5.82 Å². The number of nitrogens with zero attached hydrogens (tertiary/aromatic N) is 1. The predicted molar refractivity (Wildman–Crippen MR) is 57.1 cm³/mol. The molecule has 0 bridgehead atoms. The smallest absolute Gasteiger partial charge is 0.264 e. The van der Waals surface area contributed by atoms with Gasteiger partial charge in [-0.15, -0.1) is 0 Å². The van der Waals surface area contributed by atoms with E-state index in [4.69, 9.17) is 0 Å². The second-order valence-electron chi connectivity index (χ2n) is 3.95. The number of alkyl halides is 2. The van der Waals surface area contributed by atoms with E-state index < -0.39 is 6.43 Å². The first-order chi connectivity index (χ1) is 7.00. The summed E-state index contributed by atoms with van der Waals surface area (Å²) in [4.78, 5) is 4.00. The van der Waals surface area contributed by atoms with Crippen molar-refractivity contribution in [2.75, 3.05) is 5.32 Å². The van der Waals surface area contributed by atoms with Crippen molar-refractivity contribution in [2.24, 2.45) is 5.92 Å². The zero-order valence-corrected chi connectivity index (χ0v) is 9.17. The molecule has 1 heterocycles. The van der Waals surface area contributed by atoms with Gasteiger partial charge in [-0.1, -0.05) is 13.8 Å². The number of pyridine rings is 1. The highest BCUT2D eigenvalue weighted by atomic mass is 19.3. The maximum absolute atomic E-state index is 12.4. The molecule has 0 amide bonds. The van der Waals surface area contributed by atoms with Gasteiger partial charge in [0, 0.05) is 17.8 Å². The third-order valence-electron chi connectivity index (χ3n) is 2.41. The number of rotatable bonds is 4. The summed E-state index contributed by atoms with van der Waals surface area (Å²) in [5.41, 5.74) is 0.00320. The van der Waals surface area contributed by atoms with Crippen molar-refractivity contribution in [3.63, 3.8) is 0 Å². The fourth-order valence-corrected chi connectivity index (χ4v) is 1.06. The number of nitrogens with one attached hydrogen (secondary N) is 1. The molecule has 0 aliphatic rings. The molecule has 84 valence electrons. The summed E-state index contributed by atoms with van der Waals surface area (Å²) in [6.07, 6.45) is -1.04. The number of aromatic nitrogens is 1. The van der Waals surface area contributed by atoms with Crippen molar-refractivity contribution in [1.29, 1.82) is 0 Å². The lowest BCUT2D eigenvalue weighted by atomic mass is 10.1. The molecule has 0 aliphatic carbocycles. The molecule has 0 aromatic carbocycles. The molecule has 15 heavy (non-hydrogen) atoms. The Balaban J connectivity index is 2.73. The normalized spacial score (nSPS) is 13.3. The second-order valence-corrected chi connectivity index (χ2v) is 3.95. The van der Waals surface area contributed by atoms with Crippen molar-refractivity contribution in [3.05, 3.63) is 23.9 Å². The maximum atomic E-state index is 12.4. The van der Waals surface area contributed by atoms with Crippen LogP contribution in [0.1, 0.15) is 32.8 Å². The van der Waals surface area contributed by atoms with Gasteiger partial charge in [-0.05, 0) is 25.0 Å². The monoisotopic (exact) mass is 214 g/mol. The zero-order valence-electron chi connectivity index (χ0n) is 9.17. The van der Waals surface area contributed by atoms with Gasteiger partial charge >= 0.3 is 0 Å². The molecule has 1 N–H and O–H groups in total. The van der Waals surface area contributed by atoms with Crippen LogP contribution in [0, 0.1) is 5.92 Å². The summed E-state index contributed by atoms with van der Waals surface area (Å²) in [5.74, 6) is 0.941. The quantitative estimate of drug-likeness (QED) is 0.830. The highest BCUT2D eigenvalue weighted by Gasteiger charge is 2.10. The largest absolute Gasteiger partial charge is 0.367 e. The Hall–Kier alpha value is -1.19. The third-order valence-corrected chi connectivity index (χ3v) is 2.41. The molecule has 1 aromatic rings. The summed E-state index contributed by atoms with van der Waals surface area (Å²) in [6.45, 7) is 6.13. The summed E-state index contributed by atoms with van der Waals surface area (Å²) >= 11 is 0. The summed E-state index contributed by atoms with van der Waals surface area (Å²) in [6, 6.07) is 2.94. The molecule has 0 saturated heterocycles. The molecule has 1 unspecified atom stereocenters. The first-order valence-corrected chi connectivity index (χ1v) is 5.01. The molecule has 0 spiro atoms. The number of anilines is 1. The highest BCUT2D eigenvalue weighted by Crippen LogP contribution is 2.20. The van der Waals surface area contributed by atoms with Gasteiger partial charge in [-0.3, -0.25) is 0 Å². The zero-order chi connectivity index (χ0) is 11.4. The molecular formula is C11H16F2N2.